The molecule has 2 heterocycles. The highest BCUT2D eigenvalue weighted by molar-refractivity contribution is 5.68. The summed E-state index contributed by atoms with van der Waals surface area (Å²) in [5, 5.41) is 0. The number of nitrogens with two attached hydrogens (primary N) is 1. The number of nitrogens with zero attached hydrogens (tertiary/aromatic N) is 2. The van der Waals surface area contributed by atoms with E-state index in [1.54, 1.807) is 0 Å². The van der Waals surface area contributed by atoms with Crippen LogP contribution >= 0.6 is 0 Å². The van der Waals surface area contributed by atoms with Crippen molar-refractivity contribution < 1.29 is 0 Å². The van der Waals surface area contributed by atoms with Crippen LogP contribution in [0, 0.1) is 19.8 Å². The van der Waals surface area contributed by atoms with E-state index in [0.717, 1.165) is 30.0 Å². The molecule has 0 saturated carbocycles. The fraction of sp³-hybridized carbons (Fsp3) is 0.389. The van der Waals surface area contributed by atoms with Gasteiger partial charge in [0, 0.05) is 30.0 Å². The highest BCUT2D eigenvalue weighted by Gasteiger charge is 2.25. The van der Waals surface area contributed by atoms with Gasteiger partial charge in [-0.1, -0.05) is 25.1 Å². The molecule has 3 heteroatoms. The van der Waals surface area contributed by atoms with E-state index in [2.05, 4.69) is 56.0 Å². The van der Waals surface area contributed by atoms with Gasteiger partial charge in [0.15, 0.2) is 0 Å². The largest absolute Gasteiger partial charge is 0.326 e. The van der Waals surface area contributed by atoms with E-state index in [1.165, 1.54) is 16.8 Å². The maximum absolute atomic E-state index is 6.00. The average Bonchev–Trinajstić information content (AvgIpc) is 2.45. The predicted molar refractivity (Wildman–Crippen MR) is 87.9 cm³/mol. The number of benzene rings is 1. The van der Waals surface area contributed by atoms with Gasteiger partial charge in [0.1, 0.15) is 5.82 Å². The number of pyridine rings is 1. The number of hydrogen-bond acceptors (Lipinski definition) is 3. The summed E-state index contributed by atoms with van der Waals surface area (Å²) in [6.45, 7) is 8.00. The zero-order chi connectivity index (χ0) is 15.0. The zero-order valence-electron chi connectivity index (χ0n) is 13.1. The summed E-state index contributed by atoms with van der Waals surface area (Å²) >= 11 is 0. The van der Waals surface area contributed by atoms with Crippen LogP contribution in [0.15, 0.2) is 30.3 Å². The maximum Gasteiger partial charge on any atom is 0.138 e. The van der Waals surface area contributed by atoms with Gasteiger partial charge in [-0.2, -0.15) is 0 Å². The van der Waals surface area contributed by atoms with Crippen LogP contribution in [-0.4, -0.2) is 11.5 Å². The summed E-state index contributed by atoms with van der Waals surface area (Å²) in [4.78, 5) is 7.16. The molecule has 0 aliphatic carbocycles. The number of aromatic nitrogens is 1. The molecule has 3 rings (SSSR count). The average molecular weight is 281 g/mol. The lowest BCUT2D eigenvalue weighted by Gasteiger charge is -2.35. The van der Waals surface area contributed by atoms with E-state index in [1.807, 2.05) is 0 Å². The van der Waals surface area contributed by atoms with Crippen molar-refractivity contribution in [1.82, 2.24) is 4.98 Å². The molecule has 0 fully saturated rings. The molecule has 1 unspecified atom stereocenters. The Morgan fingerprint density at radius 1 is 1.29 bits per heavy atom. The van der Waals surface area contributed by atoms with Gasteiger partial charge in [0.25, 0.3) is 0 Å². The minimum atomic E-state index is 0.529. The van der Waals surface area contributed by atoms with Crippen molar-refractivity contribution in [3.8, 4) is 0 Å². The molecule has 21 heavy (non-hydrogen) atoms. The van der Waals surface area contributed by atoms with E-state index >= 15 is 0 Å². The molecule has 1 aromatic carbocycles. The first-order valence-electron chi connectivity index (χ1n) is 7.62. The second-order valence-corrected chi connectivity index (χ2v) is 6.14. The molecular formula is C18H23N3. The van der Waals surface area contributed by atoms with Crippen molar-refractivity contribution in [2.75, 3.05) is 11.4 Å². The van der Waals surface area contributed by atoms with Crippen LogP contribution in [0.1, 0.15) is 29.3 Å². The lowest BCUT2D eigenvalue weighted by Crippen LogP contribution is -2.32. The monoisotopic (exact) mass is 281 g/mol. The quantitative estimate of drug-likeness (QED) is 0.916. The molecule has 110 valence electrons. The minimum Gasteiger partial charge on any atom is -0.326 e. The summed E-state index contributed by atoms with van der Waals surface area (Å²) in [6, 6.07) is 10.8. The highest BCUT2D eigenvalue weighted by atomic mass is 15.2. The lowest BCUT2D eigenvalue weighted by atomic mass is 9.93. The lowest BCUT2D eigenvalue weighted by molar-refractivity contribution is 0.559. The summed E-state index contributed by atoms with van der Waals surface area (Å²) in [5.74, 6) is 1.65. The first kappa shape index (κ1) is 14.1. The Balaban J connectivity index is 2.17. The molecule has 0 saturated heterocycles. The number of para-hydroxylation sites is 1. The van der Waals surface area contributed by atoms with Crippen LogP contribution in [-0.2, 0) is 13.0 Å². The van der Waals surface area contributed by atoms with Crippen molar-refractivity contribution in [2.24, 2.45) is 11.7 Å². The molecule has 1 aliphatic rings. The molecular weight excluding hydrogens is 258 g/mol. The SMILES string of the molecule is Cc1cc(C)c(CN)c(N2CC(C)Cc3ccccc32)n1. The van der Waals surface area contributed by atoms with Gasteiger partial charge in [0.2, 0.25) is 0 Å². The summed E-state index contributed by atoms with van der Waals surface area (Å²) in [7, 11) is 0. The molecule has 0 bridgehead atoms. The third kappa shape index (κ3) is 2.54. The van der Waals surface area contributed by atoms with Crippen molar-refractivity contribution in [2.45, 2.75) is 33.7 Å². The first-order chi connectivity index (χ1) is 10.1. The third-order valence-electron chi connectivity index (χ3n) is 4.26. The minimum absolute atomic E-state index is 0.529. The van der Waals surface area contributed by atoms with E-state index in [4.69, 9.17) is 10.7 Å². The van der Waals surface area contributed by atoms with Crippen molar-refractivity contribution >= 4 is 11.5 Å². The van der Waals surface area contributed by atoms with E-state index < -0.39 is 0 Å². The second-order valence-electron chi connectivity index (χ2n) is 6.14. The normalized spacial score (nSPS) is 17.7. The van der Waals surface area contributed by atoms with Gasteiger partial charge < -0.3 is 10.6 Å². The number of fused-ring (bicyclic) bond motifs is 1. The second kappa shape index (κ2) is 5.49. The number of aryl methyl sites for hydroxylation is 2. The van der Waals surface area contributed by atoms with Gasteiger partial charge in [-0.15, -0.1) is 0 Å². The Labute approximate surface area is 126 Å². The van der Waals surface area contributed by atoms with Gasteiger partial charge in [-0.05, 0) is 49.4 Å². The standard InChI is InChI=1S/C18H23N3/c1-12-8-15-6-4-5-7-17(15)21(11-12)18-16(10-19)13(2)9-14(3)20-18/h4-7,9,12H,8,10-11,19H2,1-3H3. The van der Waals surface area contributed by atoms with E-state index in [-0.39, 0.29) is 0 Å². The van der Waals surface area contributed by atoms with Crippen LogP contribution < -0.4 is 10.6 Å². The van der Waals surface area contributed by atoms with Crippen molar-refractivity contribution in [1.29, 1.82) is 0 Å². The maximum atomic E-state index is 6.00. The molecule has 3 nitrogen and oxygen atoms in total. The van der Waals surface area contributed by atoms with Crippen molar-refractivity contribution in [3.05, 3.63) is 52.7 Å². The Bertz CT molecular complexity index is 664. The Kier molecular flexibility index (Phi) is 3.68. The van der Waals surface area contributed by atoms with E-state index in [0.29, 0.717) is 12.5 Å². The van der Waals surface area contributed by atoms with Crippen molar-refractivity contribution in [3.63, 3.8) is 0 Å². The fourth-order valence-electron chi connectivity index (χ4n) is 3.32. The molecule has 2 aromatic rings. The zero-order valence-corrected chi connectivity index (χ0v) is 13.1. The smallest absolute Gasteiger partial charge is 0.138 e. The molecule has 1 atom stereocenters. The molecule has 0 radical (unpaired) electrons. The van der Waals surface area contributed by atoms with Gasteiger partial charge >= 0.3 is 0 Å². The summed E-state index contributed by atoms with van der Waals surface area (Å²) in [5.41, 5.74) is 12.1. The van der Waals surface area contributed by atoms with E-state index in [9.17, 15) is 0 Å². The number of hydrogen-bond donors (Lipinski definition) is 1. The van der Waals surface area contributed by atoms with Gasteiger partial charge in [0.05, 0.1) is 0 Å². The highest BCUT2D eigenvalue weighted by Crippen LogP contribution is 2.36. The van der Waals surface area contributed by atoms with Crippen LogP contribution in [0.4, 0.5) is 11.5 Å². The van der Waals surface area contributed by atoms with Crippen LogP contribution in [0.2, 0.25) is 0 Å². The molecule has 1 aliphatic heterocycles. The summed E-state index contributed by atoms with van der Waals surface area (Å²) in [6.07, 6.45) is 1.13. The predicted octanol–water partition coefficient (Wildman–Crippen LogP) is 3.49. The molecule has 2 N–H and O–H groups in total. The molecule has 1 aromatic heterocycles. The fourth-order valence-corrected chi connectivity index (χ4v) is 3.32. The molecule has 0 amide bonds. The Morgan fingerprint density at radius 2 is 2.05 bits per heavy atom. The molecule has 0 spiro atoms. The Morgan fingerprint density at radius 3 is 2.81 bits per heavy atom. The van der Waals surface area contributed by atoms with Crippen LogP contribution in [0.25, 0.3) is 0 Å². The Hall–Kier alpha value is -1.87. The van der Waals surface area contributed by atoms with Crippen LogP contribution in [0.5, 0.6) is 0 Å². The van der Waals surface area contributed by atoms with Gasteiger partial charge in [-0.3, -0.25) is 0 Å². The number of rotatable bonds is 2. The topological polar surface area (TPSA) is 42.1 Å². The van der Waals surface area contributed by atoms with Gasteiger partial charge in [-0.25, -0.2) is 4.98 Å². The number of anilines is 2. The summed E-state index contributed by atoms with van der Waals surface area (Å²) < 4.78 is 0. The third-order valence-corrected chi connectivity index (χ3v) is 4.26. The first-order valence-corrected chi connectivity index (χ1v) is 7.62. The van der Waals surface area contributed by atoms with Crippen LogP contribution in [0.3, 0.4) is 0 Å².